The Morgan fingerprint density at radius 3 is 2.69 bits per heavy atom. The van der Waals surface area contributed by atoms with Crippen LogP contribution in [0.5, 0.6) is 5.75 Å². The first-order valence-corrected chi connectivity index (χ1v) is 9.83. The van der Waals surface area contributed by atoms with Crippen molar-refractivity contribution in [2.45, 2.75) is 24.3 Å². The number of H-pyrrole nitrogens is 1. The lowest BCUT2D eigenvalue weighted by molar-refractivity contribution is -0.115. The monoisotopic (exact) mass is 413 g/mol. The van der Waals surface area contributed by atoms with Crippen LogP contribution in [0.2, 0.25) is 0 Å². The molecule has 150 valence electrons. The Labute approximate surface area is 171 Å². The number of rotatable bonds is 7. The van der Waals surface area contributed by atoms with Crippen molar-refractivity contribution < 1.29 is 13.9 Å². The maximum absolute atomic E-state index is 13.0. The molecule has 2 aromatic carbocycles. The normalized spacial score (nSPS) is 10.6. The van der Waals surface area contributed by atoms with E-state index in [-0.39, 0.29) is 23.7 Å². The van der Waals surface area contributed by atoms with E-state index in [2.05, 4.69) is 15.3 Å². The average Bonchev–Trinajstić information content (AvgIpc) is 2.67. The summed E-state index contributed by atoms with van der Waals surface area (Å²) in [5.74, 6) is 0.461. The molecule has 0 fully saturated rings. The van der Waals surface area contributed by atoms with Crippen molar-refractivity contribution in [2.75, 3.05) is 12.4 Å². The number of nitrogens with zero attached hydrogens (tertiary/aromatic N) is 1. The van der Waals surface area contributed by atoms with Crippen LogP contribution in [0.25, 0.3) is 0 Å². The van der Waals surface area contributed by atoms with Gasteiger partial charge in [-0.05, 0) is 42.3 Å². The summed E-state index contributed by atoms with van der Waals surface area (Å²) in [6.07, 6.45) is -0.0505. The van der Waals surface area contributed by atoms with Gasteiger partial charge >= 0.3 is 0 Å². The van der Waals surface area contributed by atoms with E-state index in [9.17, 15) is 14.0 Å². The van der Waals surface area contributed by atoms with Crippen molar-refractivity contribution in [3.05, 3.63) is 81.5 Å². The molecule has 29 heavy (non-hydrogen) atoms. The SMILES string of the molecule is COc1ccc(C)cc1NC(=O)Cc1cc(=O)[nH]c(SCc2ccc(F)cc2)n1. The predicted molar refractivity (Wildman–Crippen MR) is 111 cm³/mol. The lowest BCUT2D eigenvalue weighted by Crippen LogP contribution is -2.18. The number of ether oxygens (including phenoxy) is 1. The van der Waals surface area contributed by atoms with E-state index >= 15 is 0 Å². The highest BCUT2D eigenvalue weighted by molar-refractivity contribution is 7.98. The fraction of sp³-hybridized carbons (Fsp3) is 0.190. The zero-order valence-electron chi connectivity index (χ0n) is 16.0. The predicted octanol–water partition coefficient (Wildman–Crippen LogP) is 3.70. The minimum atomic E-state index is -0.336. The number of carbonyl (C=O) groups is 1. The first kappa shape index (κ1) is 20.6. The number of amides is 1. The Kier molecular flexibility index (Phi) is 6.66. The van der Waals surface area contributed by atoms with E-state index in [1.165, 1.54) is 37.1 Å². The Balaban J connectivity index is 1.68. The van der Waals surface area contributed by atoms with Crippen LogP contribution in [0.1, 0.15) is 16.8 Å². The Morgan fingerprint density at radius 2 is 1.97 bits per heavy atom. The number of methoxy groups -OCH3 is 1. The highest BCUT2D eigenvalue weighted by Gasteiger charge is 2.11. The van der Waals surface area contributed by atoms with Crippen LogP contribution >= 0.6 is 11.8 Å². The van der Waals surface area contributed by atoms with E-state index in [1.807, 2.05) is 19.1 Å². The molecule has 0 saturated heterocycles. The van der Waals surface area contributed by atoms with Crippen molar-refractivity contribution in [3.63, 3.8) is 0 Å². The molecule has 0 aliphatic carbocycles. The van der Waals surface area contributed by atoms with Gasteiger partial charge in [0, 0.05) is 11.8 Å². The summed E-state index contributed by atoms with van der Waals surface area (Å²) in [5, 5.41) is 3.20. The van der Waals surface area contributed by atoms with Crippen LogP contribution in [-0.2, 0) is 17.0 Å². The number of aromatic nitrogens is 2. The fourth-order valence-electron chi connectivity index (χ4n) is 2.65. The molecular weight excluding hydrogens is 393 g/mol. The van der Waals surface area contributed by atoms with Gasteiger partial charge in [-0.3, -0.25) is 9.59 Å². The molecule has 0 atom stereocenters. The molecule has 6 nitrogen and oxygen atoms in total. The molecule has 0 radical (unpaired) electrons. The molecule has 0 spiro atoms. The van der Waals surface area contributed by atoms with E-state index in [0.29, 0.717) is 28.0 Å². The average molecular weight is 413 g/mol. The second kappa shape index (κ2) is 9.38. The van der Waals surface area contributed by atoms with Crippen LogP contribution in [0.4, 0.5) is 10.1 Å². The van der Waals surface area contributed by atoms with Gasteiger partial charge in [0.1, 0.15) is 11.6 Å². The third kappa shape index (κ3) is 5.92. The molecule has 1 aromatic heterocycles. The van der Waals surface area contributed by atoms with Crippen LogP contribution in [0.15, 0.2) is 58.5 Å². The van der Waals surface area contributed by atoms with E-state index in [0.717, 1.165) is 11.1 Å². The molecule has 3 aromatic rings. The summed E-state index contributed by atoms with van der Waals surface area (Å²) in [7, 11) is 1.53. The molecule has 1 heterocycles. The van der Waals surface area contributed by atoms with E-state index < -0.39 is 0 Å². The molecule has 0 aliphatic heterocycles. The summed E-state index contributed by atoms with van der Waals surface area (Å²) in [6, 6.07) is 12.9. The molecule has 1 amide bonds. The van der Waals surface area contributed by atoms with Crippen LogP contribution < -0.4 is 15.6 Å². The highest BCUT2D eigenvalue weighted by Crippen LogP contribution is 2.25. The molecule has 0 aliphatic rings. The molecule has 2 N–H and O–H groups in total. The van der Waals surface area contributed by atoms with Gasteiger partial charge in [-0.15, -0.1) is 0 Å². The van der Waals surface area contributed by atoms with Crippen molar-refractivity contribution in [1.29, 1.82) is 0 Å². The Hall–Kier alpha value is -3.13. The maximum Gasteiger partial charge on any atom is 0.251 e. The van der Waals surface area contributed by atoms with Crippen molar-refractivity contribution in [1.82, 2.24) is 9.97 Å². The zero-order chi connectivity index (χ0) is 20.8. The summed E-state index contributed by atoms with van der Waals surface area (Å²) in [6.45, 7) is 1.91. The van der Waals surface area contributed by atoms with E-state index in [4.69, 9.17) is 4.74 Å². The Morgan fingerprint density at radius 1 is 1.21 bits per heavy atom. The summed E-state index contributed by atoms with van der Waals surface area (Å²) in [5.41, 5.74) is 2.47. The van der Waals surface area contributed by atoms with Crippen LogP contribution in [0.3, 0.4) is 0 Å². The lowest BCUT2D eigenvalue weighted by atomic mass is 10.2. The lowest BCUT2D eigenvalue weighted by Gasteiger charge is -2.11. The van der Waals surface area contributed by atoms with Gasteiger partial charge in [-0.1, -0.05) is 30.0 Å². The van der Waals surface area contributed by atoms with Gasteiger partial charge < -0.3 is 15.0 Å². The molecule has 3 rings (SSSR count). The quantitative estimate of drug-likeness (QED) is 0.456. The first-order valence-electron chi connectivity index (χ1n) is 8.85. The highest BCUT2D eigenvalue weighted by atomic mass is 32.2. The zero-order valence-corrected chi connectivity index (χ0v) is 16.8. The number of aromatic amines is 1. The van der Waals surface area contributed by atoms with Gasteiger partial charge in [0.2, 0.25) is 5.91 Å². The van der Waals surface area contributed by atoms with Crippen LogP contribution in [-0.4, -0.2) is 23.0 Å². The standard InChI is InChI=1S/C21H20FN3O3S/c1-13-3-8-18(28-2)17(9-13)24-19(26)10-16-11-20(27)25-21(23-16)29-12-14-4-6-15(22)7-5-14/h3-9,11H,10,12H2,1-2H3,(H,24,26)(H,23,25,27). The Bertz CT molecular complexity index is 1070. The maximum atomic E-state index is 13.0. The van der Waals surface area contributed by atoms with Crippen molar-refractivity contribution in [2.24, 2.45) is 0 Å². The van der Waals surface area contributed by atoms with E-state index in [1.54, 1.807) is 18.2 Å². The molecular formula is C21H20FN3O3S. The summed E-state index contributed by atoms with van der Waals surface area (Å²) >= 11 is 1.31. The third-order valence-corrected chi connectivity index (χ3v) is 4.98. The number of carbonyl (C=O) groups excluding carboxylic acids is 1. The number of thioether (sulfide) groups is 1. The summed E-state index contributed by atoms with van der Waals surface area (Å²) < 4.78 is 18.2. The number of benzene rings is 2. The topological polar surface area (TPSA) is 84.1 Å². The minimum absolute atomic E-state index is 0.0505. The van der Waals surface area contributed by atoms with Gasteiger partial charge in [-0.2, -0.15) is 0 Å². The molecule has 8 heteroatoms. The molecule has 0 saturated carbocycles. The number of anilines is 1. The van der Waals surface area contributed by atoms with Crippen molar-refractivity contribution in [3.8, 4) is 5.75 Å². The number of halogens is 1. The smallest absolute Gasteiger partial charge is 0.251 e. The summed E-state index contributed by atoms with van der Waals surface area (Å²) in [4.78, 5) is 31.4. The number of nitrogens with one attached hydrogen (secondary N) is 2. The minimum Gasteiger partial charge on any atom is -0.495 e. The second-order valence-corrected chi connectivity index (χ2v) is 7.35. The molecule has 0 bridgehead atoms. The second-order valence-electron chi connectivity index (χ2n) is 6.39. The van der Waals surface area contributed by atoms with Gasteiger partial charge in [0.15, 0.2) is 5.16 Å². The van der Waals surface area contributed by atoms with Crippen LogP contribution in [0, 0.1) is 12.7 Å². The number of hydrogen-bond acceptors (Lipinski definition) is 5. The van der Waals surface area contributed by atoms with Crippen molar-refractivity contribution >= 4 is 23.4 Å². The third-order valence-electron chi connectivity index (χ3n) is 4.03. The first-order chi connectivity index (χ1) is 13.9. The number of hydrogen-bond donors (Lipinski definition) is 2. The van der Waals surface area contributed by atoms with Gasteiger partial charge in [0.05, 0.1) is 24.9 Å². The fourth-order valence-corrected chi connectivity index (χ4v) is 3.50. The number of aryl methyl sites for hydroxylation is 1. The van der Waals surface area contributed by atoms with Gasteiger partial charge in [0.25, 0.3) is 5.56 Å². The van der Waals surface area contributed by atoms with Gasteiger partial charge in [-0.25, -0.2) is 9.37 Å². The largest absolute Gasteiger partial charge is 0.495 e. The molecule has 0 unspecified atom stereocenters.